The summed E-state index contributed by atoms with van der Waals surface area (Å²) < 4.78 is 0. The van der Waals surface area contributed by atoms with Crippen LogP contribution in [0.3, 0.4) is 0 Å². The molecule has 0 aliphatic carbocycles. The van der Waals surface area contributed by atoms with Gasteiger partial charge in [-0.1, -0.05) is 49.4 Å². The monoisotopic (exact) mass is 226 g/mol. The highest BCUT2D eigenvalue weighted by molar-refractivity contribution is 5.45. The molecule has 1 atom stereocenters. The largest absolute Gasteiger partial charge is 0.507 e. The fraction of sp³-hybridized carbons (Fsp3) is 0.250. The molecular weight excluding hydrogens is 208 g/mol. The van der Waals surface area contributed by atoms with Crippen LogP contribution in [0.5, 0.6) is 5.75 Å². The van der Waals surface area contributed by atoms with E-state index >= 15 is 0 Å². The van der Waals surface area contributed by atoms with Crippen LogP contribution in [-0.4, -0.2) is 5.11 Å². The van der Waals surface area contributed by atoms with Gasteiger partial charge < -0.3 is 5.11 Å². The van der Waals surface area contributed by atoms with E-state index in [4.69, 9.17) is 0 Å². The van der Waals surface area contributed by atoms with E-state index in [9.17, 15) is 5.11 Å². The van der Waals surface area contributed by atoms with Crippen molar-refractivity contribution in [3.8, 4) is 5.75 Å². The van der Waals surface area contributed by atoms with Crippen LogP contribution in [0.15, 0.2) is 42.5 Å². The standard InChI is InChI=1S/C16H18O/c1-11-9-15(10-12(2)16(11)17)13(3)14-7-5-4-6-8-14/h4-10,13,17H,1-3H3. The van der Waals surface area contributed by atoms with Gasteiger partial charge >= 0.3 is 0 Å². The highest BCUT2D eigenvalue weighted by Crippen LogP contribution is 2.30. The molecule has 2 rings (SSSR count). The Labute approximate surface area is 103 Å². The summed E-state index contributed by atoms with van der Waals surface area (Å²) in [4.78, 5) is 0. The lowest BCUT2D eigenvalue weighted by molar-refractivity contribution is 0.466. The summed E-state index contributed by atoms with van der Waals surface area (Å²) >= 11 is 0. The Morgan fingerprint density at radius 1 is 0.882 bits per heavy atom. The third kappa shape index (κ3) is 2.33. The van der Waals surface area contributed by atoms with E-state index in [-0.39, 0.29) is 0 Å². The third-order valence-corrected chi connectivity index (χ3v) is 3.31. The Morgan fingerprint density at radius 3 is 1.94 bits per heavy atom. The number of phenols is 1. The molecule has 1 heteroatoms. The summed E-state index contributed by atoms with van der Waals surface area (Å²) in [6.07, 6.45) is 0. The van der Waals surface area contributed by atoms with Gasteiger partial charge in [-0.3, -0.25) is 0 Å². The van der Waals surface area contributed by atoms with Gasteiger partial charge in [-0.25, -0.2) is 0 Å². The minimum atomic E-state index is 0.356. The van der Waals surface area contributed by atoms with Crippen molar-refractivity contribution in [2.75, 3.05) is 0 Å². The van der Waals surface area contributed by atoms with Crippen LogP contribution in [0.25, 0.3) is 0 Å². The van der Waals surface area contributed by atoms with E-state index < -0.39 is 0 Å². The zero-order valence-electron chi connectivity index (χ0n) is 10.6. The molecule has 0 saturated carbocycles. The van der Waals surface area contributed by atoms with Crippen molar-refractivity contribution in [1.29, 1.82) is 0 Å². The maximum absolute atomic E-state index is 9.78. The lowest BCUT2D eigenvalue weighted by Crippen LogP contribution is -1.97. The maximum atomic E-state index is 9.78. The first-order chi connectivity index (χ1) is 8.09. The molecule has 0 radical (unpaired) electrons. The molecular formula is C16H18O. The van der Waals surface area contributed by atoms with Gasteiger partial charge in [-0.15, -0.1) is 0 Å². The second-order valence-corrected chi connectivity index (χ2v) is 4.64. The van der Waals surface area contributed by atoms with Gasteiger partial charge in [0.25, 0.3) is 0 Å². The molecule has 0 fully saturated rings. The van der Waals surface area contributed by atoms with Gasteiger partial charge in [-0.05, 0) is 36.1 Å². The van der Waals surface area contributed by atoms with Crippen molar-refractivity contribution >= 4 is 0 Å². The number of hydrogen-bond acceptors (Lipinski definition) is 1. The van der Waals surface area contributed by atoms with Crippen molar-refractivity contribution in [3.63, 3.8) is 0 Å². The molecule has 0 amide bonds. The molecule has 0 spiro atoms. The lowest BCUT2D eigenvalue weighted by Gasteiger charge is -2.15. The molecule has 0 saturated heterocycles. The van der Waals surface area contributed by atoms with E-state index in [1.807, 2.05) is 19.9 Å². The predicted octanol–water partition coefficient (Wildman–Crippen LogP) is 4.16. The molecule has 88 valence electrons. The molecule has 1 N–H and O–H groups in total. The van der Waals surface area contributed by atoms with Crippen LogP contribution in [0.4, 0.5) is 0 Å². The topological polar surface area (TPSA) is 20.2 Å². The van der Waals surface area contributed by atoms with Crippen LogP contribution < -0.4 is 0 Å². The van der Waals surface area contributed by atoms with E-state index in [1.54, 1.807) is 0 Å². The Morgan fingerprint density at radius 2 is 1.41 bits per heavy atom. The molecule has 0 bridgehead atoms. The number of hydrogen-bond donors (Lipinski definition) is 1. The molecule has 17 heavy (non-hydrogen) atoms. The number of rotatable bonds is 2. The molecule has 0 aromatic heterocycles. The average Bonchev–Trinajstić information content (AvgIpc) is 2.35. The summed E-state index contributed by atoms with van der Waals surface area (Å²) in [7, 11) is 0. The Hall–Kier alpha value is -1.76. The SMILES string of the molecule is Cc1cc(C(C)c2ccccc2)cc(C)c1O. The zero-order valence-corrected chi connectivity index (χ0v) is 10.6. The highest BCUT2D eigenvalue weighted by Gasteiger charge is 2.11. The summed E-state index contributed by atoms with van der Waals surface area (Å²) in [5.41, 5.74) is 4.45. The molecule has 1 nitrogen and oxygen atoms in total. The van der Waals surface area contributed by atoms with Crippen LogP contribution in [-0.2, 0) is 0 Å². The first-order valence-electron chi connectivity index (χ1n) is 5.94. The third-order valence-electron chi connectivity index (χ3n) is 3.31. The van der Waals surface area contributed by atoms with Crippen LogP contribution in [0, 0.1) is 13.8 Å². The first-order valence-corrected chi connectivity index (χ1v) is 5.94. The van der Waals surface area contributed by atoms with E-state index in [0.29, 0.717) is 11.7 Å². The van der Waals surface area contributed by atoms with Gasteiger partial charge in [0.2, 0.25) is 0 Å². The summed E-state index contributed by atoms with van der Waals surface area (Å²) in [5, 5.41) is 9.78. The van der Waals surface area contributed by atoms with Crippen LogP contribution in [0.1, 0.15) is 35.1 Å². The quantitative estimate of drug-likeness (QED) is 0.815. The second-order valence-electron chi connectivity index (χ2n) is 4.64. The van der Waals surface area contributed by atoms with Gasteiger partial charge in [0, 0.05) is 5.92 Å². The fourth-order valence-corrected chi connectivity index (χ4v) is 2.17. The lowest BCUT2D eigenvalue weighted by atomic mass is 9.91. The molecule has 0 heterocycles. The van der Waals surface area contributed by atoms with E-state index in [1.165, 1.54) is 11.1 Å². The summed E-state index contributed by atoms with van der Waals surface area (Å²) in [6.45, 7) is 6.09. The van der Waals surface area contributed by atoms with Gasteiger partial charge in [-0.2, -0.15) is 0 Å². The van der Waals surface area contributed by atoms with Gasteiger partial charge in [0.1, 0.15) is 5.75 Å². The van der Waals surface area contributed by atoms with Gasteiger partial charge in [0.15, 0.2) is 0 Å². The van der Waals surface area contributed by atoms with Crippen molar-refractivity contribution in [3.05, 3.63) is 64.7 Å². The normalized spacial score (nSPS) is 12.4. The minimum absolute atomic E-state index is 0.356. The summed E-state index contributed by atoms with van der Waals surface area (Å²) in [5.74, 6) is 0.767. The Bertz CT molecular complexity index is 491. The molecule has 0 aliphatic rings. The zero-order chi connectivity index (χ0) is 12.4. The van der Waals surface area contributed by atoms with Crippen LogP contribution >= 0.6 is 0 Å². The summed E-state index contributed by atoms with van der Waals surface area (Å²) in [6, 6.07) is 14.6. The fourth-order valence-electron chi connectivity index (χ4n) is 2.17. The predicted molar refractivity (Wildman–Crippen MR) is 71.5 cm³/mol. The molecule has 2 aromatic rings. The van der Waals surface area contributed by atoms with E-state index in [2.05, 4.69) is 43.3 Å². The first kappa shape index (κ1) is 11.7. The number of aryl methyl sites for hydroxylation is 2. The Kier molecular flexibility index (Phi) is 3.19. The van der Waals surface area contributed by atoms with E-state index in [0.717, 1.165) is 11.1 Å². The van der Waals surface area contributed by atoms with Crippen molar-refractivity contribution in [2.24, 2.45) is 0 Å². The van der Waals surface area contributed by atoms with Gasteiger partial charge in [0.05, 0.1) is 0 Å². The highest BCUT2D eigenvalue weighted by atomic mass is 16.3. The molecule has 1 unspecified atom stereocenters. The molecule has 0 aliphatic heterocycles. The Balaban J connectivity index is 2.41. The number of benzene rings is 2. The van der Waals surface area contributed by atoms with Crippen molar-refractivity contribution in [1.82, 2.24) is 0 Å². The smallest absolute Gasteiger partial charge is 0.121 e. The van der Waals surface area contributed by atoms with Crippen molar-refractivity contribution in [2.45, 2.75) is 26.7 Å². The minimum Gasteiger partial charge on any atom is -0.507 e. The number of phenolic OH excluding ortho intramolecular Hbond substituents is 1. The maximum Gasteiger partial charge on any atom is 0.121 e. The second kappa shape index (κ2) is 4.62. The van der Waals surface area contributed by atoms with Crippen molar-refractivity contribution < 1.29 is 5.11 Å². The van der Waals surface area contributed by atoms with Crippen LogP contribution in [0.2, 0.25) is 0 Å². The molecule has 2 aromatic carbocycles. The number of aromatic hydroxyl groups is 1. The average molecular weight is 226 g/mol.